The molecule has 0 radical (unpaired) electrons. The quantitative estimate of drug-likeness (QED) is 0.396. The SMILES string of the molecule is C.C1=C2CC(=Cc3sc4ccccc4c31)c1ccccc1S2.CC. The van der Waals surface area contributed by atoms with Crippen LogP contribution in [0.4, 0.5) is 0 Å². The number of fused-ring (bicyclic) bond motifs is 7. The molecule has 3 aromatic rings. The largest absolute Gasteiger partial charge is 0.135 e. The van der Waals surface area contributed by atoms with Crippen molar-refractivity contribution in [2.24, 2.45) is 0 Å². The van der Waals surface area contributed by atoms with E-state index in [0.29, 0.717) is 0 Å². The summed E-state index contributed by atoms with van der Waals surface area (Å²) in [5.41, 5.74) is 4.27. The first-order chi connectivity index (χ1) is 11.4. The highest BCUT2D eigenvalue weighted by Crippen LogP contribution is 2.49. The minimum absolute atomic E-state index is 0. The Bertz CT molecular complexity index is 942. The molecule has 2 heterocycles. The first-order valence-electron chi connectivity index (χ1n) is 8.08. The predicted molar refractivity (Wildman–Crippen MR) is 113 cm³/mol. The number of thiophene rings is 1. The molecular weight excluding hydrogens is 328 g/mol. The van der Waals surface area contributed by atoms with E-state index in [1.54, 1.807) is 0 Å². The second-order valence-electron chi connectivity index (χ2n) is 5.43. The van der Waals surface area contributed by atoms with Crippen LogP contribution in [0.3, 0.4) is 0 Å². The third-order valence-corrected chi connectivity index (χ3v) is 6.35. The Hall–Kier alpha value is -1.77. The topological polar surface area (TPSA) is 0 Å². The number of thioether (sulfide) groups is 1. The van der Waals surface area contributed by atoms with E-state index < -0.39 is 0 Å². The molecule has 0 amide bonds. The average molecular weight is 351 g/mol. The lowest BCUT2D eigenvalue weighted by atomic mass is 10.0. The molecule has 0 fully saturated rings. The van der Waals surface area contributed by atoms with Crippen molar-refractivity contribution in [2.75, 3.05) is 0 Å². The van der Waals surface area contributed by atoms with Gasteiger partial charge in [-0.1, -0.05) is 69.4 Å². The van der Waals surface area contributed by atoms with E-state index in [1.165, 1.54) is 41.5 Å². The third-order valence-electron chi connectivity index (χ3n) is 4.11. The van der Waals surface area contributed by atoms with E-state index in [2.05, 4.69) is 60.7 Å². The van der Waals surface area contributed by atoms with Crippen molar-refractivity contribution in [3.05, 3.63) is 69.4 Å². The second kappa shape index (κ2) is 7.00. The minimum Gasteiger partial charge on any atom is -0.135 e. The first kappa shape index (κ1) is 17.1. The van der Waals surface area contributed by atoms with Gasteiger partial charge in [-0.2, -0.15) is 0 Å². The first-order valence-corrected chi connectivity index (χ1v) is 9.72. The Labute approximate surface area is 152 Å². The molecule has 0 saturated heterocycles. The molecule has 5 rings (SSSR count). The van der Waals surface area contributed by atoms with Crippen LogP contribution in [0, 0.1) is 0 Å². The van der Waals surface area contributed by atoms with Crippen LogP contribution in [-0.4, -0.2) is 0 Å². The second-order valence-corrected chi connectivity index (χ2v) is 7.68. The van der Waals surface area contributed by atoms with Gasteiger partial charge in [0.05, 0.1) is 0 Å². The summed E-state index contributed by atoms with van der Waals surface area (Å²) in [6.45, 7) is 4.00. The minimum atomic E-state index is 0. The summed E-state index contributed by atoms with van der Waals surface area (Å²) in [6, 6.07) is 17.5. The molecule has 1 aliphatic carbocycles. The molecule has 2 bridgehead atoms. The molecule has 2 aromatic carbocycles. The lowest BCUT2D eigenvalue weighted by molar-refractivity contribution is 1.28. The lowest BCUT2D eigenvalue weighted by Crippen LogP contribution is -1.94. The van der Waals surface area contributed by atoms with Crippen LogP contribution in [-0.2, 0) is 0 Å². The Morgan fingerprint density at radius 2 is 1.62 bits per heavy atom. The number of rotatable bonds is 0. The normalized spacial score (nSPS) is 14.1. The summed E-state index contributed by atoms with van der Waals surface area (Å²) in [6.07, 6.45) is 5.87. The Balaban J connectivity index is 0.000000545. The summed E-state index contributed by atoms with van der Waals surface area (Å²) < 4.78 is 1.38. The highest BCUT2D eigenvalue weighted by atomic mass is 32.2. The van der Waals surface area contributed by atoms with E-state index in [4.69, 9.17) is 0 Å². The number of hydrogen-bond acceptors (Lipinski definition) is 2. The summed E-state index contributed by atoms with van der Waals surface area (Å²) in [7, 11) is 0. The molecule has 1 aliphatic heterocycles. The molecule has 0 saturated carbocycles. The molecule has 2 aliphatic rings. The van der Waals surface area contributed by atoms with Crippen LogP contribution in [0.15, 0.2) is 58.3 Å². The third kappa shape index (κ3) is 2.74. The van der Waals surface area contributed by atoms with Crippen molar-refractivity contribution in [2.45, 2.75) is 32.6 Å². The van der Waals surface area contributed by atoms with E-state index in [9.17, 15) is 0 Å². The van der Waals surface area contributed by atoms with Gasteiger partial charge in [0.1, 0.15) is 0 Å². The van der Waals surface area contributed by atoms with E-state index in [-0.39, 0.29) is 7.43 Å². The number of benzene rings is 2. The fourth-order valence-electron chi connectivity index (χ4n) is 3.15. The van der Waals surface area contributed by atoms with Gasteiger partial charge in [-0.15, -0.1) is 11.3 Å². The van der Waals surface area contributed by atoms with E-state index in [1.807, 2.05) is 36.9 Å². The van der Waals surface area contributed by atoms with Gasteiger partial charge in [-0.3, -0.25) is 0 Å². The van der Waals surface area contributed by atoms with Crippen LogP contribution >= 0.6 is 23.1 Å². The van der Waals surface area contributed by atoms with Gasteiger partial charge < -0.3 is 0 Å². The van der Waals surface area contributed by atoms with Crippen molar-refractivity contribution < 1.29 is 0 Å². The molecule has 0 nitrogen and oxygen atoms in total. The Morgan fingerprint density at radius 1 is 0.875 bits per heavy atom. The summed E-state index contributed by atoms with van der Waals surface area (Å²) in [4.78, 5) is 4.25. The fourth-order valence-corrected chi connectivity index (χ4v) is 5.44. The molecule has 0 spiro atoms. The maximum Gasteiger partial charge on any atom is 0.0358 e. The molecule has 1 aromatic heterocycles. The van der Waals surface area contributed by atoms with Gasteiger partial charge >= 0.3 is 0 Å². The van der Waals surface area contributed by atoms with E-state index in [0.717, 1.165) is 6.42 Å². The van der Waals surface area contributed by atoms with Crippen molar-refractivity contribution in [3.63, 3.8) is 0 Å². The molecule has 0 unspecified atom stereocenters. The van der Waals surface area contributed by atoms with Crippen molar-refractivity contribution in [1.29, 1.82) is 0 Å². The summed E-state index contributed by atoms with van der Waals surface area (Å²) in [5, 5.41) is 1.39. The molecular formula is C22H22S2. The highest BCUT2D eigenvalue weighted by molar-refractivity contribution is 8.03. The van der Waals surface area contributed by atoms with Crippen LogP contribution in [0.2, 0.25) is 0 Å². The smallest absolute Gasteiger partial charge is 0.0358 e. The predicted octanol–water partition coefficient (Wildman–Crippen LogP) is 7.95. The average Bonchev–Trinajstić information content (AvgIpc) is 2.87. The monoisotopic (exact) mass is 350 g/mol. The molecule has 0 N–H and O–H groups in total. The summed E-state index contributed by atoms with van der Waals surface area (Å²) in [5.74, 6) is 0. The zero-order chi connectivity index (χ0) is 15.8. The van der Waals surface area contributed by atoms with Crippen molar-refractivity contribution in [3.8, 4) is 0 Å². The highest BCUT2D eigenvalue weighted by Gasteiger charge is 2.22. The lowest BCUT2D eigenvalue weighted by Gasteiger charge is -2.19. The van der Waals surface area contributed by atoms with Crippen LogP contribution in [0.25, 0.3) is 27.8 Å². The zero-order valence-corrected chi connectivity index (χ0v) is 14.9. The van der Waals surface area contributed by atoms with Gasteiger partial charge in [0.15, 0.2) is 0 Å². The van der Waals surface area contributed by atoms with Gasteiger partial charge in [-0.25, -0.2) is 0 Å². The molecule has 24 heavy (non-hydrogen) atoms. The Morgan fingerprint density at radius 3 is 2.50 bits per heavy atom. The summed E-state index contributed by atoms with van der Waals surface area (Å²) >= 11 is 3.83. The van der Waals surface area contributed by atoms with Gasteiger partial charge in [-0.05, 0) is 40.3 Å². The number of hydrogen-bond donors (Lipinski definition) is 0. The molecule has 0 atom stereocenters. The van der Waals surface area contributed by atoms with Crippen molar-refractivity contribution >= 4 is 50.9 Å². The van der Waals surface area contributed by atoms with Gasteiger partial charge in [0, 0.05) is 31.8 Å². The number of allylic oxidation sites excluding steroid dienone is 2. The van der Waals surface area contributed by atoms with Crippen LogP contribution in [0.5, 0.6) is 0 Å². The van der Waals surface area contributed by atoms with Gasteiger partial charge in [0.2, 0.25) is 0 Å². The van der Waals surface area contributed by atoms with Crippen LogP contribution in [0.1, 0.15) is 43.7 Å². The Kier molecular flexibility index (Phi) is 4.98. The maximum absolute atomic E-state index is 2.40. The standard InChI is InChI=1S/C19H12S2.C2H6.CH4/c1-3-7-17-14(5-1)12-9-13(20-17)11-16-15-6-2-4-8-18(15)21-19(16)10-12;1-2;/h1-8,10-11H,9H2;1-2H3;1H4. The van der Waals surface area contributed by atoms with Crippen molar-refractivity contribution in [1.82, 2.24) is 0 Å². The van der Waals surface area contributed by atoms with E-state index >= 15 is 0 Å². The molecule has 2 heteroatoms. The van der Waals surface area contributed by atoms with Gasteiger partial charge in [0.25, 0.3) is 0 Å². The fraction of sp³-hybridized carbons (Fsp3) is 0.182. The zero-order valence-electron chi connectivity index (χ0n) is 13.3. The molecule has 122 valence electrons. The van der Waals surface area contributed by atoms with Crippen LogP contribution < -0.4 is 0 Å². The maximum atomic E-state index is 2.40.